The highest BCUT2D eigenvalue weighted by Gasteiger charge is 2.33. The fourth-order valence-corrected chi connectivity index (χ4v) is 7.66. The molecule has 0 spiro atoms. The number of anilines is 5. The Morgan fingerprint density at radius 2 is 1.47 bits per heavy atom. The Balaban J connectivity index is 1.27. The van der Waals surface area contributed by atoms with Crippen LogP contribution >= 0.6 is 11.6 Å². The number of Topliss-reactive ketones (excluding diaryl/α,β-unsaturated/α-hetero) is 1. The first-order valence-electron chi connectivity index (χ1n) is 16.1. The third kappa shape index (κ3) is 9.64. The molecule has 5 aromatic rings. The maximum absolute atomic E-state index is 13.4. The predicted molar refractivity (Wildman–Crippen MR) is 214 cm³/mol. The second kappa shape index (κ2) is 16.3. The monoisotopic (exact) mass is 898 g/mol. The Kier molecular flexibility index (Phi) is 11.6. The zero-order valence-electron chi connectivity index (χ0n) is 29.4. The summed E-state index contributed by atoms with van der Waals surface area (Å²) in [4.78, 5) is 44.8. The lowest BCUT2D eigenvalue weighted by molar-refractivity contribution is -0.385. The average Bonchev–Trinajstić information content (AvgIpc) is 3.15. The second-order valence-corrected chi connectivity index (χ2v) is 16.6. The van der Waals surface area contributed by atoms with Crippen molar-refractivity contribution in [3.63, 3.8) is 0 Å². The molecule has 0 saturated carbocycles. The molecule has 26 heteroatoms. The van der Waals surface area contributed by atoms with Gasteiger partial charge < -0.3 is 15.7 Å². The highest BCUT2D eigenvalue weighted by molar-refractivity contribution is 7.91. The topological polar surface area (TPSA) is 348 Å². The van der Waals surface area contributed by atoms with Gasteiger partial charge in [0.2, 0.25) is 23.0 Å². The van der Waals surface area contributed by atoms with Gasteiger partial charge in [-0.05, 0) is 82.9 Å². The highest BCUT2D eigenvalue weighted by atomic mass is 35.5. The number of carboxylic acids is 1. The number of aromatic carboxylic acids is 1. The minimum atomic E-state index is -5.08. The van der Waals surface area contributed by atoms with Crippen molar-refractivity contribution in [3.05, 3.63) is 127 Å². The van der Waals surface area contributed by atoms with Crippen LogP contribution in [-0.2, 0) is 30.4 Å². The summed E-state index contributed by atoms with van der Waals surface area (Å²) in [5.41, 5.74) is 0.326. The zero-order chi connectivity index (χ0) is 43.7. The quantitative estimate of drug-likeness (QED) is 0.0346. The van der Waals surface area contributed by atoms with Crippen molar-refractivity contribution in [1.29, 1.82) is 0 Å². The van der Waals surface area contributed by atoms with Crippen LogP contribution in [0.3, 0.4) is 0 Å². The lowest BCUT2D eigenvalue weighted by Crippen LogP contribution is -2.27. The Hall–Kier alpha value is -7.00. The van der Waals surface area contributed by atoms with E-state index in [9.17, 15) is 63.7 Å². The van der Waals surface area contributed by atoms with Gasteiger partial charge in [0, 0.05) is 23.4 Å². The number of rotatable bonds is 13. The summed E-state index contributed by atoms with van der Waals surface area (Å²) >= 11 is 6.11. The van der Waals surface area contributed by atoms with Crippen LogP contribution in [0.5, 0.6) is 0 Å². The first-order chi connectivity index (χ1) is 28.1. The molecule has 0 radical (unpaired) electrons. The number of carbonyl (C=O) groups excluding carboxylic acids is 1. The molecule has 4 aromatic carbocycles. The number of ketones is 1. The minimum Gasteiger partial charge on any atom is -0.478 e. The molecule has 0 atom stereocenters. The first-order valence-corrected chi connectivity index (χ1v) is 20.8. The van der Waals surface area contributed by atoms with Gasteiger partial charge >= 0.3 is 5.97 Å². The number of hydrogen-bond acceptors (Lipinski definition) is 17. The van der Waals surface area contributed by atoms with Gasteiger partial charge in [0.25, 0.3) is 36.0 Å². The number of nitro benzene ring substituents is 1. The van der Waals surface area contributed by atoms with Gasteiger partial charge in [0.05, 0.1) is 21.9 Å². The van der Waals surface area contributed by atoms with Gasteiger partial charge in [-0.2, -0.15) is 45.3 Å². The number of non-ortho nitro benzene ring substituents is 1. The van der Waals surface area contributed by atoms with Crippen LogP contribution in [0.25, 0.3) is 18.2 Å². The van der Waals surface area contributed by atoms with E-state index in [4.69, 9.17) is 11.6 Å². The smallest absolute Gasteiger partial charge is 0.337 e. The van der Waals surface area contributed by atoms with Gasteiger partial charge in [-0.15, -0.1) is 0 Å². The highest BCUT2D eigenvalue weighted by Crippen LogP contribution is 2.31. The number of hydrazone groups is 1. The first kappa shape index (κ1) is 42.6. The van der Waals surface area contributed by atoms with Crippen molar-refractivity contribution >= 4 is 112 Å². The molecule has 0 unspecified atom stereocenters. The molecular weight excluding hydrogens is 876 g/mol. The normalized spacial score (nSPS) is 13.8. The Morgan fingerprint density at radius 3 is 2.12 bits per heavy atom. The number of carbonyl (C=O) groups is 2. The van der Waals surface area contributed by atoms with Crippen LogP contribution in [-0.4, -0.2) is 81.4 Å². The molecule has 0 saturated heterocycles. The fourth-order valence-electron chi connectivity index (χ4n) is 5.46. The second-order valence-electron chi connectivity index (χ2n) is 12.1. The molecule has 1 aliphatic rings. The Bertz CT molecular complexity index is 3100. The standard InChI is InChI=1S/C34H23ClN8O14S3/c35-32-38-33(36-20-9-11-22-19(14-20)15-28(60(55,56)57)29(30(22)44)42-41-24-4-2-1-3-23(24)31(45)46)40-34(39-32)37-25-12-6-17(13-27(25)59(52,53)54)5-7-18-8-10-21(43(47)48)16-26(18)58(49,50)51/h1-16,41H,(H,45,46)(H,49,50,51)(H,52,53,54)(H,55,56,57)(H2,36,37,38,39,40)/b7-5+,42-29?. The Labute approximate surface area is 342 Å². The van der Waals surface area contributed by atoms with E-state index >= 15 is 0 Å². The third-order valence-corrected chi connectivity index (χ3v) is 10.9. The number of hydrogen-bond donors (Lipinski definition) is 7. The molecule has 308 valence electrons. The number of nitro groups is 1. The van der Waals surface area contributed by atoms with Crippen molar-refractivity contribution in [1.82, 2.24) is 15.0 Å². The number of nitrogens with one attached hydrogen (secondary N) is 3. The fraction of sp³-hybridized carbons (Fsp3) is 0. The Morgan fingerprint density at radius 1 is 0.783 bits per heavy atom. The van der Waals surface area contributed by atoms with Crippen molar-refractivity contribution in [2.45, 2.75) is 9.79 Å². The molecule has 0 bridgehead atoms. The van der Waals surface area contributed by atoms with Crippen LogP contribution in [0.15, 0.2) is 98.7 Å². The summed E-state index contributed by atoms with van der Waals surface area (Å²) in [7, 11) is -15.0. The summed E-state index contributed by atoms with van der Waals surface area (Å²) in [6.07, 6.45) is 3.27. The van der Waals surface area contributed by atoms with Gasteiger partial charge in [-0.3, -0.25) is 34.0 Å². The van der Waals surface area contributed by atoms with E-state index in [2.05, 4.69) is 36.1 Å². The largest absolute Gasteiger partial charge is 0.478 e. The van der Waals surface area contributed by atoms with Gasteiger partial charge in [-0.1, -0.05) is 30.4 Å². The maximum atomic E-state index is 13.4. The molecule has 0 aliphatic heterocycles. The van der Waals surface area contributed by atoms with E-state index in [1.54, 1.807) is 0 Å². The summed E-state index contributed by atoms with van der Waals surface area (Å²) < 4.78 is 103. The van der Waals surface area contributed by atoms with Gasteiger partial charge in [-0.25, -0.2) is 4.79 Å². The summed E-state index contributed by atoms with van der Waals surface area (Å²) in [5.74, 6) is -2.92. The van der Waals surface area contributed by atoms with E-state index < -0.39 is 78.4 Å². The number of allylic oxidation sites excluding steroid dienone is 1. The van der Waals surface area contributed by atoms with Gasteiger partial charge in [0.1, 0.15) is 14.7 Å². The molecule has 60 heavy (non-hydrogen) atoms. The summed E-state index contributed by atoms with van der Waals surface area (Å²) in [5, 5.41) is 29.3. The van der Waals surface area contributed by atoms with Crippen molar-refractivity contribution in [2.24, 2.45) is 5.10 Å². The van der Waals surface area contributed by atoms with Crippen LogP contribution < -0.4 is 16.1 Å². The number of halogens is 1. The molecule has 7 N–H and O–H groups in total. The summed E-state index contributed by atoms with van der Waals surface area (Å²) in [6, 6.07) is 15.5. The van der Waals surface area contributed by atoms with Crippen LogP contribution in [0.4, 0.5) is 34.6 Å². The molecule has 1 heterocycles. The number of benzene rings is 4. The zero-order valence-corrected chi connectivity index (χ0v) is 32.7. The number of fused-ring (bicyclic) bond motifs is 1. The van der Waals surface area contributed by atoms with E-state index in [1.807, 2.05) is 0 Å². The van der Waals surface area contributed by atoms with Crippen molar-refractivity contribution in [3.8, 4) is 0 Å². The van der Waals surface area contributed by atoms with E-state index in [1.165, 1.54) is 60.7 Å². The van der Waals surface area contributed by atoms with E-state index in [-0.39, 0.29) is 56.8 Å². The molecule has 6 rings (SSSR count). The lowest BCUT2D eigenvalue weighted by Gasteiger charge is -2.17. The number of aromatic nitrogens is 3. The molecule has 1 aromatic heterocycles. The summed E-state index contributed by atoms with van der Waals surface area (Å²) in [6.45, 7) is 0. The van der Waals surface area contributed by atoms with Crippen LogP contribution in [0.2, 0.25) is 5.28 Å². The number of para-hydroxylation sites is 1. The van der Waals surface area contributed by atoms with Crippen molar-refractivity contribution in [2.75, 3.05) is 16.1 Å². The number of carboxylic acid groups (broad SMARTS) is 1. The molecule has 0 amide bonds. The molecule has 0 fully saturated rings. The van der Waals surface area contributed by atoms with E-state index in [0.29, 0.717) is 6.07 Å². The minimum absolute atomic E-state index is 0.0178. The third-order valence-electron chi connectivity index (χ3n) is 8.09. The predicted octanol–water partition coefficient (Wildman–Crippen LogP) is 5.18. The molecule has 22 nitrogen and oxygen atoms in total. The van der Waals surface area contributed by atoms with Crippen molar-refractivity contribution < 1.29 is 58.5 Å². The van der Waals surface area contributed by atoms with Gasteiger partial charge in [0.15, 0.2) is 5.71 Å². The van der Waals surface area contributed by atoms with Crippen LogP contribution in [0.1, 0.15) is 37.4 Å². The molecule has 1 aliphatic carbocycles. The van der Waals surface area contributed by atoms with E-state index in [0.717, 1.165) is 30.4 Å². The maximum Gasteiger partial charge on any atom is 0.337 e. The van der Waals surface area contributed by atoms with Crippen LogP contribution in [0, 0.1) is 10.1 Å². The lowest BCUT2D eigenvalue weighted by atomic mass is 9.94. The average molecular weight is 899 g/mol. The molecular formula is C34H23ClN8O14S3. The SMILES string of the molecule is O=C1C(=NNc2ccccc2C(=O)O)C(S(=O)(=O)O)=Cc2cc(Nc3nc(Cl)nc(Nc4ccc(/C=C/c5ccc([N+](=O)[O-])cc5S(=O)(=O)O)cc4S(=O)(=O)O)n3)ccc21. The number of nitrogens with zero attached hydrogens (tertiary/aromatic N) is 5.